The van der Waals surface area contributed by atoms with E-state index in [0.717, 1.165) is 12.8 Å². The number of hydrogen-bond acceptors (Lipinski definition) is 3. The first-order valence-electron chi connectivity index (χ1n) is 6.72. The lowest BCUT2D eigenvalue weighted by atomic mass is 10.1. The SMILES string of the molecule is CC(CCc1ccc(O)cc1)N[C@@H](C)c1cccs1. The van der Waals surface area contributed by atoms with Crippen LogP contribution in [0.5, 0.6) is 5.75 Å². The summed E-state index contributed by atoms with van der Waals surface area (Å²) in [6.07, 6.45) is 2.13. The van der Waals surface area contributed by atoms with Gasteiger partial charge in [-0.3, -0.25) is 0 Å². The van der Waals surface area contributed by atoms with Crippen molar-refractivity contribution in [1.29, 1.82) is 0 Å². The zero-order valence-corrected chi connectivity index (χ0v) is 12.3. The van der Waals surface area contributed by atoms with Crippen molar-refractivity contribution in [2.24, 2.45) is 0 Å². The van der Waals surface area contributed by atoms with Crippen LogP contribution >= 0.6 is 11.3 Å². The van der Waals surface area contributed by atoms with Crippen LogP contribution in [0, 0.1) is 0 Å². The summed E-state index contributed by atoms with van der Waals surface area (Å²) in [5.41, 5.74) is 1.27. The van der Waals surface area contributed by atoms with Gasteiger partial charge in [-0.2, -0.15) is 0 Å². The molecule has 1 unspecified atom stereocenters. The standard InChI is InChI=1S/C16H21NOS/c1-12(17-13(2)16-4-3-11-19-16)5-6-14-7-9-15(18)10-8-14/h3-4,7-13,17-18H,5-6H2,1-2H3/t12?,13-/m0/s1. The molecule has 0 aliphatic rings. The van der Waals surface area contributed by atoms with Gasteiger partial charge in [0.25, 0.3) is 0 Å². The highest BCUT2D eigenvalue weighted by Gasteiger charge is 2.10. The molecule has 0 spiro atoms. The van der Waals surface area contributed by atoms with Gasteiger partial charge in [-0.05, 0) is 55.8 Å². The fourth-order valence-electron chi connectivity index (χ4n) is 2.18. The van der Waals surface area contributed by atoms with Crippen LogP contribution in [0.4, 0.5) is 0 Å². The third-order valence-corrected chi connectivity index (χ3v) is 4.36. The monoisotopic (exact) mass is 275 g/mol. The molecule has 2 aromatic rings. The summed E-state index contributed by atoms with van der Waals surface area (Å²) in [6.45, 7) is 4.44. The Labute approximate surface area is 119 Å². The average Bonchev–Trinajstić information content (AvgIpc) is 2.92. The Morgan fingerprint density at radius 1 is 1.16 bits per heavy atom. The van der Waals surface area contributed by atoms with Gasteiger partial charge in [0.1, 0.15) is 5.75 Å². The van der Waals surface area contributed by atoms with Gasteiger partial charge >= 0.3 is 0 Å². The Kier molecular flexibility index (Phi) is 5.00. The topological polar surface area (TPSA) is 32.3 Å². The van der Waals surface area contributed by atoms with Crippen molar-refractivity contribution < 1.29 is 5.11 Å². The molecule has 0 radical (unpaired) electrons. The highest BCUT2D eigenvalue weighted by atomic mass is 32.1. The summed E-state index contributed by atoms with van der Waals surface area (Å²) in [5, 5.41) is 15.0. The number of rotatable bonds is 6. The predicted octanol–water partition coefficient (Wildman–Crippen LogP) is 4.13. The number of phenols is 1. The normalized spacial score (nSPS) is 14.2. The van der Waals surface area contributed by atoms with Crippen molar-refractivity contribution in [2.75, 3.05) is 0 Å². The van der Waals surface area contributed by atoms with Gasteiger partial charge in [0.15, 0.2) is 0 Å². The molecule has 0 saturated heterocycles. The Balaban J connectivity index is 1.78. The van der Waals surface area contributed by atoms with E-state index in [9.17, 15) is 5.11 Å². The summed E-state index contributed by atoms with van der Waals surface area (Å²) in [7, 11) is 0. The molecule has 2 atom stereocenters. The molecule has 2 N–H and O–H groups in total. The molecular weight excluding hydrogens is 254 g/mol. The van der Waals surface area contributed by atoms with E-state index in [1.807, 2.05) is 12.1 Å². The van der Waals surface area contributed by atoms with Gasteiger partial charge in [-0.15, -0.1) is 11.3 Å². The molecule has 1 heterocycles. The van der Waals surface area contributed by atoms with E-state index in [1.54, 1.807) is 23.5 Å². The van der Waals surface area contributed by atoms with Crippen LogP contribution in [0.3, 0.4) is 0 Å². The van der Waals surface area contributed by atoms with Crippen molar-refractivity contribution in [3.05, 3.63) is 52.2 Å². The molecule has 0 amide bonds. The number of benzene rings is 1. The largest absolute Gasteiger partial charge is 0.508 e. The zero-order valence-electron chi connectivity index (χ0n) is 11.5. The van der Waals surface area contributed by atoms with Crippen LogP contribution < -0.4 is 5.32 Å². The first kappa shape index (κ1) is 14.1. The average molecular weight is 275 g/mol. The quantitative estimate of drug-likeness (QED) is 0.831. The van der Waals surface area contributed by atoms with Crippen molar-refractivity contribution in [2.45, 2.75) is 38.8 Å². The van der Waals surface area contributed by atoms with Gasteiger partial charge < -0.3 is 10.4 Å². The van der Waals surface area contributed by atoms with Crippen molar-refractivity contribution in [1.82, 2.24) is 5.32 Å². The van der Waals surface area contributed by atoms with Gasteiger partial charge in [-0.1, -0.05) is 18.2 Å². The van der Waals surface area contributed by atoms with E-state index in [2.05, 4.69) is 36.7 Å². The summed E-state index contributed by atoms with van der Waals surface area (Å²) in [6, 6.07) is 12.6. The number of aromatic hydroxyl groups is 1. The van der Waals surface area contributed by atoms with E-state index in [4.69, 9.17) is 0 Å². The molecule has 1 aromatic carbocycles. The van der Waals surface area contributed by atoms with Crippen molar-refractivity contribution in [3.63, 3.8) is 0 Å². The van der Waals surface area contributed by atoms with Crippen molar-refractivity contribution in [3.8, 4) is 5.75 Å². The van der Waals surface area contributed by atoms with E-state index in [-0.39, 0.29) is 0 Å². The summed E-state index contributed by atoms with van der Waals surface area (Å²) < 4.78 is 0. The first-order chi connectivity index (χ1) is 9.15. The van der Waals surface area contributed by atoms with Gasteiger partial charge in [0.05, 0.1) is 0 Å². The van der Waals surface area contributed by atoms with E-state index >= 15 is 0 Å². The van der Waals surface area contributed by atoms with Gasteiger partial charge in [-0.25, -0.2) is 0 Å². The lowest BCUT2D eigenvalue weighted by Crippen LogP contribution is -2.28. The minimum Gasteiger partial charge on any atom is -0.508 e. The molecule has 1 aromatic heterocycles. The number of thiophene rings is 1. The maximum absolute atomic E-state index is 9.25. The lowest BCUT2D eigenvalue weighted by molar-refractivity contribution is 0.459. The van der Waals surface area contributed by atoms with E-state index < -0.39 is 0 Å². The molecule has 3 heteroatoms. The molecule has 2 nitrogen and oxygen atoms in total. The summed E-state index contributed by atoms with van der Waals surface area (Å²) >= 11 is 1.80. The smallest absolute Gasteiger partial charge is 0.115 e. The summed E-state index contributed by atoms with van der Waals surface area (Å²) in [4.78, 5) is 1.39. The Bertz CT molecular complexity index is 478. The minimum absolute atomic E-state index is 0.334. The fraction of sp³-hybridized carbons (Fsp3) is 0.375. The Morgan fingerprint density at radius 2 is 1.89 bits per heavy atom. The van der Waals surface area contributed by atoms with E-state index in [0.29, 0.717) is 17.8 Å². The van der Waals surface area contributed by atoms with Gasteiger partial charge in [0, 0.05) is 17.0 Å². The number of hydrogen-bond donors (Lipinski definition) is 2. The number of phenolic OH excluding ortho intramolecular Hbond substituents is 1. The van der Waals surface area contributed by atoms with Crippen LogP contribution in [0.1, 0.15) is 36.8 Å². The summed E-state index contributed by atoms with van der Waals surface area (Å²) in [5.74, 6) is 0.334. The number of nitrogens with one attached hydrogen (secondary N) is 1. The minimum atomic E-state index is 0.334. The molecule has 0 aliphatic heterocycles. The molecule has 0 aliphatic carbocycles. The van der Waals surface area contributed by atoms with Crippen LogP contribution in [-0.4, -0.2) is 11.1 Å². The molecule has 0 fully saturated rings. The highest BCUT2D eigenvalue weighted by molar-refractivity contribution is 7.10. The third-order valence-electron chi connectivity index (χ3n) is 3.31. The second-order valence-electron chi connectivity index (χ2n) is 5.01. The Morgan fingerprint density at radius 3 is 2.53 bits per heavy atom. The third kappa shape index (κ3) is 4.37. The fourth-order valence-corrected chi connectivity index (χ4v) is 2.92. The molecule has 0 bridgehead atoms. The second-order valence-corrected chi connectivity index (χ2v) is 5.99. The molecule has 102 valence electrons. The second kappa shape index (κ2) is 6.73. The molecule has 2 rings (SSSR count). The van der Waals surface area contributed by atoms with E-state index in [1.165, 1.54) is 10.4 Å². The maximum atomic E-state index is 9.25. The maximum Gasteiger partial charge on any atom is 0.115 e. The highest BCUT2D eigenvalue weighted by Crippen LogP contribution is 2.19. The van der Waals surface area contributed by atoms with Crippen molar-refractivity contribution >= 4 is 11.3 Å². The zero-order chi connectivity index (χ0) is 13.7. The van der Waals surface area contributed by atoms with Crippen LogP contribution in [0.15, 0.2) is 41.8 Å². The lowest BCUT2D eigenvalue weighted by Gasteiger charge is -2.19. The number of aryl methyl sites for hydroxylation is 1. The Hall–Kier alpha value is -1.32. The van der Waals surface area contributed by atoms with Crippen LogP contribution in [0.25, 0.3) is 0 Å². The molecule has 19 heavy (non-hydrogen) atoms. The van der Waals surface area contributed by atoms with Crippen LogP contribution in [0.2, 0.25) is 0 Å². The first-order valence-corrected chi connectivity index (χ1v) is 7.60. The molecular formula is C16H21NOS. The van der Waals surface area contributed by atoms with Crippen LogP contribution in [-0.2, 0) is 6.42 Å². The van der Waals surface area contributed by atoms with Gasteiger partial charge in [0.2, 0.25) is 0 Å². The molecule has 0 saturated carbocycles. The predicted molar refractivity (Wildman–Crippen MR) is 81.8 cm³/mol.